The Balaban J connectivity index is 1.74. The Labute approximate surface area is 242 Å². The molecule has 0 aliphatic heterocycles. The van der Waals surface area contributed by atoms with E-state index in [0.717, 1.165) is 0 Å². The molecule has 1 aromatic carbocycles. The molecule has 0 radical (unpaired) electrons. The maximum atomic E-state index is 4.11. The van der Waals surface area contributed by atoms with Crippen LogP contribution in [0.3, 0.4) is 0 Å². The highest BCUT2D eigenvalue weighted by Gasteiger charge is 2.07. The van der Waals surface area contributed by atoms with Gasteiger partial charge in [0, 0.05) is 31.2 Å². The maximum Gasteiger partial charge on any atom is 0.0366 e. The molecule has 0 amide bonds. The van der Waals surface area contributed by atoms with E-state index in [0.29, 0.717) is 0 Å². The summed E-state index contributed by atoms with van der Waals surface area (Å²) in [5, 5.41) is 0. The highest BCUT2D eigenvalue weighted by Crippen LogP contribution is 2.20. The maximum absolute atomic E-state index is 4.11. The standard InChI is InChI=1S/C37H60N2/c1-3-5-7-9-11-13-15-17-19-21-33-39(34-22-20-18-16-14-12-10-8-6-4-2)37-27-25-35(26-28-37)23-24-36-29-31-38-32-30-36/h23-32H,3-22,33-34H2,1-2H3. The summed E-state index contributed by atoms with van der Waals surface area (Å²) in [4.78, 5) is 6.77. The molecule has 0 bridgehead atoms. The fourth-order valence-electron chi connectivity index (χ4n) is 5.41. The normalized spacial score (nSPS) is 11.4. The third-order valence-corrected chi connectivity index (χ3v) is 8.00. The lowest BCUT2D eigenvalue weighted by Crippen LogP contribution is -2.25. The first-order chi connectivity index (χ1) is 19.3. The Bertz CT molecular complexity index is 787. The van der Waals surface area contributed by atoms with E-state index in [-0.39, 0.29) is 0 Å². The van der Waals surface area contributed by atoms with Crippen LogP contribution >= 0.6 is 0 Å². The van der Waals surface area contributed by atoms with E-state index in [1.54, 1.807) is 0 Å². The van der Waals surface area contributed by atoms with Crippen molar-refractivity contribution in [3.8, 4) is 0 Å². The molecule has 0 aliphatic carbocycles. The van der Waals surface area contributed by atoms with E-state index in [1.807, 2.05) is 24.5 Å². The summed E-state index contributed by atoms with van der Waals surface area (Å²) in [7, 11) is 0. The zero-order chi connectivity index (χ0) is 27.6. The van der Waals surface area contributed by atoms with Gasteiger partial charge in [-0.3, -0.25) is 4.98 Å². The van der Waals surface area contributed by atoms with Crippen molar-refractivity contribution in [3.05, 3.63) is 59.9 Å². The van der Waals surface area contributed by atoms with Gasteiger partial charge in [-0.25, -0.2) is 0 Å². The van der Waals surface area contributed by atoms with Crippen LogP contribution in [0.4, 0.5) is 5.69 Å². The summed E-state index contributed by atoms with van der Waals surface area (Å²) in [6.45, 7) is 6.99. The second-order valence-corrected chi connectivity index (χ2v) is 11.6. The van der Waals surface area contributed by atoms with Crippen LogP contribution in [0, 0.1) is 0 Å². The molecule has 1 heterocycles. The van der Waals surface area contributed by atoms with E-state index < -0.39 is 0 Å². The van der Waals surface area contributed by atoms with E-state index in [4.69, 9.17) is 0 Å². The van der Waals surface area contributed by atoms with Crippen molar-refractivity contribution < 1.29 is 0 Å². The largest absolute Gasteiger partial charge is 0.372 e. The van der Waals surface area contributed by atoms with Gasteiger partial charge in [-0.1, -0.05) is 154 Å². The van der Waals surface area contributed by atoms with Gasteiger partial charge in [-0.2, -0.15) is 0 Å². The summed E-state index contributed by atoms with van der Waals surface area (Å²) < 4.78 is 0. The molecule has 0 N–H and O–H groups in total. The molecule has 0 saturated heterocycles. The first-order valence-corrected chi connectivity index (χ1v) is 16.8. The van der Waals surface area contributed by atoms with Crippen molar-refractivity contribution in [2.45, 2.75) is 142 Å². The van der Waals surface area contributed by atoms with Gasteiger partial charge < -0.3 is 4.90 Å². The molecule has 0 unspecified atom stereocenters. The van der Waals surface area contributed by atoms with E-state index >= 15 is 0 Å². The molecule has 218 valence electrons. The fraction of sp³-hybridized carbons (Fsp3) is 0.649. The molecule has 0 atom stereocenters. The van der Waals surface area contributed by atoms with Crippen molar-refractivity contribution in [3.63, 3.8) is 0 Å². The van der Waals surface area contributed by atoms with Crippen LogP contribution < -0.4 is 4.90 Å². The van der Waals surface area contributed by atoms with Crippen molar-refractivity contribution in [2.75, 3.05) is 18.0 Å². The van der Waals surface area contributed by atoms with Crippen LogP contribution in [-0.2, 0) is 0 Å². The lowest BCUT2D eigenvalue weighted by molar-refractivity contribution is 0.543. The van der Waals surface area contributed by atoms with E-state index in [2.05, 4.69) is 60.1 Å². The molecule has 0 saturated carbocycles. The highest BCUT2D eigenvalue weighted by atomic mass is 15.1. The topological polar surface area (TPSA) is 16.1 Å². The molecule has 2 heteroatoms. The van der Waals surface area contributed by atoms with Crippen molar-refractivity contribution in [2.24, 2.45) is 0 Å². The quantitative estimate of drug-likeness (QED) is 0.118. The van der Waals surface area contributed by atoms with Gasteiger partial charge >= 0.3 is 0 Å². The van der Waals surface area contributed by atoms with Gasteiger partial charge in [0.05, 0.1) is 0 Å². The Kier molecular flexibility index (Phi) is 20.2. The molecule has 0 aliphatic rings. The van der Waals surface area contributed by atoms with Crippen molar-refractivity contribution in [1.29, 1.82) is 0 Å². The molecular weight excluding hydrogens is 472 g/mol. The van der Waals surface area contributed by atoms with E-state index in [9.17, 15) is 0 Å². The first-order valence-electron chi connectivity index (χ1n) is 16.8. The summed E-state index contributed by atoms with van der Waals surface area (Å²) in [5.74, 6) is 0. The number of anilines is 1. The molecule has 0 spiro atoms. The number of aromatic nitrogens is 1. The monoisotopic (exact) mass is 532 g/mol. The van der Waals surface area contributed by atoms with Gasteiger partial charge in [-0.15, -0.1) is 0 Å². The van der Waals surface area contributed by atoms with Crippen LogP contribution in [0.2, 0.25) is 0 Å². The smallest absolute Gasteiger partial charge is 0.0366 e. The Morgan fingerprint density at radius 2 is 0.821 bits per heavy atom. The molecular formula is C37H60N2. The number of unbranched alkanes of at least 4 members (excludes halogenated alkanes) is 18. The van der Waals surface area contributed by atoms with Crippen LogP contribution in [0.15, 0.2) is 48.8 Å². The number of benzene rings is 1. The summed E-state index contributed by atoms with van der Waals surface area (Å²) in [6.07, 6.45) is 36.1. The number of nitrogens with zero attached hydrogens (tertiary/aromatic N) is 2. The predicted molar refractivity (Wildman–Crippen MR) is 176 cm³/mol. The summed E-state index contributed by atoms with van der Waals surface area (Å²) in [6, 6.07) is 13.3. The van der Waals surface area contributed by atoms with Crippen LogP contribution in [-0.4, -0.2) is 18.1 Å². The molecule has 39 heavy (non-hydrogen) atoms. The SMILES string of the molecule is CCCCCCCCCCCCN(CCCCCCCCCCCC)c1ccc(C=Cc2ccncc2)cc1. The van der Waals surface area contributed by atoms with Crippen LogP contribution in [0.1, 0.15) is 153 Å². The summed E-state index contributed by atoms with van der Waals surface area (Å²) in [5.41, 5.74) is 3.84. The molecule has 2 nitrogen and oxygen atoms in total. The van der Waals surface area contributed by atoms with Gasteiger partial charge in [-0.05, 0) is 48.2 Å². The summed E-state index contributed by atoms with van der Waals surface area (Å²) >= 11 is 0. The lowest BCUT2D eigenvalue weighted by Gasteiger charge is -2.25. The minimum atomic E-state index is 1.19. The van der Waals surface area contributed by atoms with Crippen molar-refractivity contribution in [1.82, 2.24) is 4.98 Å². The van der Waals surface area contributed by atoms with Gasteiger partial charge in [0.1, 0.15) is 0 Å². The van der Waals surface area contributed by atoms with Gasteiger partial charge in [0.15, 0.2) is 0 Å². The number of rotatable bonds is 25. The van der Waals surface area contributed by atoms with Gasteiger partial charge in [0.2, 0.25) is 0 Å². The van der Waals surface area contributed by atoms with Crippen LogP contribution in [0.5, 0.6) is 0 Å². The minimum Gasteiger partial charge on any atom is -0.372 e. The lowest BCUT2D eigenvalue weighted by atomic mass is 10.1. The Hall–Kier alpha value is -2.09. The average molecular weight is 533 g/mol. The zero-order valence-corrected chi connectivity index (χ0v) is 25.7. The molecule has 1 aromatic heterocycles. The third-order valence-electron chi connectivity index (χ3n) is 8.00. The van der Waals surface area contributed by atoms with Gasteiger partial charge in [0.25, 0.3) is 0 Å². The molecule has 2 aromatic rings. The fourth-order valence-corrected chi connectivity index (χ4v) is 5.41. The zero-order valence-electron chi connectivity index (χ0n) is 25.7. The Morgan fingerprint density at radius 3 is 1.23 bits per heavy atom. The van der Waals surface area contributed by atoms with Crippen LogP contribution in [0.25, 0.3) is 12.2 Å². The Morgan fingerprint density at radius 1 is 0.462 bits per heavy atom. The molecule has 0 fully saturated rings. The molecule has 2 rings (SSSR count). The number of hydrogen-bond acceptors (Lipinski definition) is 2. The first kappa shape index (κ1) is 33.1. The minimum absolute atomic E-state index is 1.19. The highest BCUT2D eigenvalue weighted by molar-refractivity contribution is 5.70. The van der Waals surface area contributed by atoms with E-state index in [1.165, 1.54) is 158 Å². The predicted octanol–water partition coefficient (Wildman–Crippen LogP) is 11.9. The third kappa shape index (κ3) is 17.3. The average Bonchev–Trinajstić information content (AvgIpc) is 2.97. The second kappa shape index (κ2) is 23.8. The number of hydrogen-bond donors (Lipinski definition) is 0. The second-order valence-electron chi connectivity index (χ2n) is 11.6. The number of pyridine rings is 1. The van der Waals surface area contributed by atoms with Crippen molar-refractivity contribution >= 4 is 17.8 Å².